The van der Waals surface area contributed by atoms with Gasteiger partial charge >= 0.3 is 0 Å². The summed E-state index contributed by atoms with van der Waals surface area (Å²) in [4.78, 5) is 22.5. The Morgan fingerprint density at radius 2 is 2.10 bits per heavy atom. The number of nitrogens with zero attached hydrogens (tertiary/aromatic N) is 2. The van der Waals surface area contributed by atoms with E-state index in [9.17, 15) is 14.9 Å². The van der Waals surface area contributed by atoms with Crippen molar-refractivity contribution >= 4 is 27.5 Å². The standard InChI is InChI=1S/C14H14BrN3O3/c1-17-9-11(18(20)21)7-13(17)14(19)16-12(8-15)10-5-3-2-4-6-10/h2-7,9,12H,8H2,1H3,(H,16,19). The van der Waals surface area contributed by atoms with Gasteiger partial charge in [0.25, 0.3) is 11.6 Å². The largest absolute Gasteiger partial charge is 0.343 e. The van der Waals surface area contributed by atoms with E-state index < -0.39 is 4.92 Å². The first kappa shape index (κ1) is 15.2. The molecule has 0 aliphatic carbocycles. The number of alkyl halides is 1. The normalized spacial score (nSPS) is 11.9. The molecule has 1 N–H and O–H groups in total. The summed E-state index contributed by atoms with van der Waals surface area (Å²) in [6.45, 7) is 0. The molecule has 1 atom stereocenters. The maximum absolute atomic E-state index is 12.3. The van der Waals surface area contributed by atoms with Crippen molar-refractivity contribution < 1.29 is 9.72 Å². The van der Waals surface area contributed by atoms with Crippen LogP contribution in [0, 0.1) is 10.1 Å². The zero-order chi connectivity index (χ0) is 15.4. The first-order valence-electron chi connectivity index (χ1n) is 6.25. The van der Waals surface area contributed by atoms with Crippen LogP contribution in [0.3, 0.4) is 0 Å². The second kappa shape index (κ2) is 6.53. The van der Waals surface area contributed by atoms with Crippen LogP contribution in [-0.2, 0) is 7.05 Å². The highest BCUT2D eigenvalue weighted by Gasteiger charge is 2.20. The number of carbonyl (C=O) groups is 1. The van der Waals surface area contributed by atoms with Crippen molar-refractivity contribution in [1.29, 1.82) is 0 Å². The van der Waals surface area contributed by atoms with Crippen molar-refractivity contribution in [1.82, 2.24) is 9.88 Å². The van der Waals surface area contributed by atoms with E-state index in [-0.39, 0.29) is 23.3 Å². The van der Waals surface area contributed by atoms with Crippen LogP contribution in [0.2, 0.25) is 0 Å². The number of hydrogen-bond acceptors (Lipinski definition) is 3. The fraction of sp³-hybridized carbons (Fsp3) is 0.214. The van der Waals surface area contributed by atoms with Gasteiger partial charge < -0.3 is 9.88 Å². The molecule has 0 saturated heterocycles. The van der Waals surface area contributed by atoms with Gasteiger partial charge in [0.1, 0.15) is 5.69 Å². The quantitative estimate of drug-likeness (QED) is 0.511. The summed E-state index contributed by atoms with van der Waals surface area (Å²) in [5.74, 6) is -0.348. The molecule has 6 nitrogen and oxygen atoms in total. The van der Waals surface area contributed by atoms with Gasteiger partial charge in [0.05, 0.1) is 17.2 Å². The van der Waals surface area contributed by atoms with Crippen molar-refractivity contribution in [3.8, 4) is 0 Å². The number of aromatic nitrogens is 1. The Balaban J connectivity index is 2.19. The maximum atomic E-state index is 12.3. The Morgan fingerprint density at radius 3 is 2.62 bits per heavy atom. The van der Waals surface area contributed by atoms with E-state index >= 15 is 0 Å². The Labute approximate surface area is 130 Å². The Bertz CT molecular complexity index is 655. The predicted octanol–water partition coefficient (Wildman–Crippen LogP) is 2.80. The van der Waals surface area contributed by atoms with E-state index in [0.717, 1.165) is 5.56 Å². The molecule has 7 heteroatoms. The molecule has 21 heavy (non-hydrogen) atoms. The summed E-state index contributed by atoms with van der Waals surface area (Å²) in [7, 11) is 1.60. The Hall–Kier alpha value is -2.15. The van der Waals surface area contributed by atoms with Crippen LogP contribution in [0.1, 0.15) is 22.1 Å². The van der Waals surface area contributed by atoms with Crippen molar-refractivity contribution in [2.45, 2.75) is 6.04 Å². The molecule has 0 spiro atoms. The van der Waals surface area contributed by atoms with Crippen LogP contribution >= 0.6 is 15.9 Å². The highest BCUT2D eigenvalue weighted by molar-refractivity contribution is 9.09. The van der Waals surface area contributed by atoms with Gasteiger partial charge in [-0.15, -0.1) is 0 Å². The summed E-state index contributed by atoms with van der Waals surface area (Å²) in [5.41, 5.74) is 1.12. The number of carbonyl (C=O) groups excluding carboxylic acids is 1. The molecule has 0 saturated carbocycles. The summed E-state index contributed by atoms with van der Waals surface area (Å²) >= 11 is 3.37. The maximum Gasteiger partial charge on any atom is 0.287 e. The Morgan fingerprint density at radius 1 is 1.43 bits per heavy atom. The number of benzene rings is 1. The van der Waals surface area contributed by atoms with Crippen molar-refractivity contribution in [2.75, 3.05) is 5.33 Å². The number of aryl methyl sites for hydroxylation is 1. The third-order valence-corrected chi connectivity index (χ3v) is 3.74. The molecular weight excluding hydrogens is 338 g/mol. The number of rotatable bonds is 5. The minimum absolute atomic E-state index is 0.0993. The topological polar surface area (TPSA) is 77.2 Å². The lowest BCUT2D eigenvalue weighted by Gasteiger charge is -2.16. The van der Waals surface area contributed by atoms with E-state index in [2.05, 4.69) is 21.2 Å². The fourth-order valence-electron chi connectivity index (χ4n) is 2.00. The van der Waals surface area contributed by atoms with Crippen LogP contribution in [0.5, 0.6) is 0 Å². The van der Waals surface area contributed by atoms with Gasteiger partial charge in [-0.3, -0.25) is 14.9 Å². The Kier molecular flexibility index (Phi) is 4.74. The van der Waals surface area contributed by atoms with Crippen molar-refractivity contribution in [3.63, 3.8) is 0 Å². The molecule has 1 aromatic heterocycles. The van der Waals surface area contributed by atoms with E-state index in [0.29, 0.717) is 5.33 Å². The number of halogens is 1. The van der Waals surface area contributed by atoms with Gasteiger partial charge in [-0.1, -0.05) is 46.3 Å². The SMILES string of the molecule is Cn1cc([N+](=O)[O-])cc1C(=O)NC(CBr)c1ccccc1. The van der Waals surface area contributed by atoms with E-state index in [1.165, 1.54) is 16.8 Å². The van der Waals surface area contributed by atoms with Crippen LogP contribution in [0.4, 0.5) is 5.69 Å². The molecule has 1 unspecified atom stereocenters. The molecule has 1 amide bonds. The van der Waals surface area contributed by atoms with E-state index in [1.54, 1.807) is 7.05 Å². The molecule has 1 heterocycles. The highest BCUT2D eigenvalue weighted by Crippen LogP contribution is 2.18. The first-order chi connectivity index (χ1) is 10.0. The first-order valence-corrected chi connectivity index (χ1v) is 7.37. The average Bonchev–Trinajstić information content (AvgIpc) is 2.88. The number of hydrogen-bond donors (Lipinski definition) is 1. The van der Waals surface area contributed by atoms with Crippen LogP contribution < -0.4 is 5.32 Å². The molecule has 2 rings (SSSR count). The number of nitrogens with one attached hydrogen (secondary N) is 1. The summed E-state index contributed by atoms with van der Waals surface area (Å²) < 4.78 is 1.45. The van der Waals surface area contributed by atoms with Crippen LogP contribution in [0.25, 0.3) is 0 Å². The zero-order valence-corrected chi connectivity index (χ0v) is 12.9. The molecule has 0 fully saturated rings. The van der Waals surface area contributed by atoms with Gasteiger partial charge in [0.15, 0.2) is 0 Å². The zero-order valence-electron chi connectivity index (χ0n) is 11.3. The third-order valence-electron chi connectivity index (χ3n) is 3.10. The molecule has 0 bridgehead atoms. The van der Waals surface area contributed by atoms with Gasteiger partial charge in [-0.25, -0.2) is 0 Å². The van der Waals surface area contributed by atoms with Gasteiger partial charge in [-0.05, 0) is 5.56 Å². The summed E-state index contributed by atoms with van der Waals surface area (Å²) in [5, 5.41) is 14.2. The fourth-order valence-corrected chi connectivity index (χ4v) is 2.54. The average molecular weight is 352 g/mol. The minimum Gasteiger partial charge on any atom is -0.343 e. The van der Waals surface area contributed by atoms with E-state index in [4.69, 9.17) is 0 Å². The monoisotopic (exact) mass is 351 g/mol. The lowest BCUT2D eigenvalue weighted by molar-refractivity contribution is -0.384. The smallest absolute Gasteiger partial charge is 0.287 e. The lowest BCUT2D eigenvalue weighted by Crippen LogP contribution is -2.30. The molecule has 1 aromatic carbocycles. The number of nitro groups is 1. The molecule has 2 aromatic rings. The second-order valence-corrected chi connectivity index (χ2v) is 5.19. The van der Waals surface area contributed by atoms with Gasteiger partial charge in [0, 0.05) is 18.4 Å². The van der Waals surface area contributed by atoms with Gasteiger partial charge in [0.2, 0.25) is 0 Å². The summed E-state index contributed by atoms with van der Waals surface area (Å²) in [6, 6.07) is 10.6. The molecule has 0 radical (unpaired) electrons. The predicted molar refractivity (Wildman–Crippen MR) is 82.5 cm³/mol. The minimum atomic E-state index is -0.518. The third kappa shape index (κ3) is 3.49. The van der Waals surface area contributed by atoms with Crippen LogP contribution in [0.15, 0.2) is 42.6 Å². The van der Waals surface area contributed by atoms with Crippen LogP contribution in [-0.4, -0.2) is 20.7 Å². The number of amides is 1. The van der Waals surface area contributed by atoms with Crippen molar-refractivity contribution in [3.05, 3.63) is 64.0 Å². The molecule has 0 aliphatic rings. The summed E-state index contributed by atoms with van der Waals surface area (Å²) in [6.07, 6.45) is 1.32. The molecular formula is C14H14BrN3O3. The second-order valence-electron chi connectivity index (χ2n) is 4.54. The molecule has 110 valence electrons. The lowest BCUT2D eigenvalue weighted by atomic mass is 10.1. The molecule has 0 aliphatic heterocycles. The van der Waals surface area contributed by atoms with Crippen molar-refractivity contribution in [2.24, 2.45) is 7.05 Å². The van der Waals surface area contributed by atoms with E-state index in [1.807, 2.05) is 30.3 Å². The highest BCUT2D eigenvalue weighted by atomic mass is 79.9. The van der Waals surface area contributed by atoms with Gasteiger partial charge in [-0.2, -0.15) is 0 Å².